The number of hydrogen-bond acceptors (Lipinski definition) is 3. The predicted molar refractivity (Wildman–Crippen MR) is 69.7 cm³/mol. The predicted octanol–water partition coefficient (Wildman–Crippen LogP) is -6.25. The fourth-order valence-electron chi connectivity index (χ4n) is 1.06. The summed E-state index contributed by atoms with van der Waals surface area (Å²) >= 11 is 0. The Kier molecular flexibility index (Phi) is 21.5. The zero-order valence-corrected chi connectivity index (χ0v) is 15.2. The molecule has 0 bridgehead atoms. The number of hydrogen-bond donors (Lipinski definition) is 0. The number of pyridine rings is 1. The summed E-state index contributed by atoms with van der Waals surface area (Å²) in [6.07, 6.45) is 3.61. The van der Waals surface area contributed by atoms with Gasteiger partial charge in [-0.05, 0) is 39.8 Å². The van der Waals surface area contributed by atoms with Crippen molar-refractivity contribution in [1.29, 1.82) is 0 Å². The quantitative estimate of drug-likeness (QED) is 0.379. The maximum atomic E-state index is 4.42. The first-order valence-electron chi connectivity index (χ1n) is 5.61. The average Bonchev–Trinajstić information content (AvgIpc) is 2.24. The van der Waals surface area contributed by atoms with E-state index in [1.807, 2.05) is 45.9 Å². The molecule has 3 nitrogen and oxygen atoms in total. The molecule has 115 valence electrons. The van der Waals surface area contributed by atoms with Gasteiger partial charge in [0.1, 0.15) is 0 Å². The van der Waals surface area contributed by atoms with Gasteiger partial charge in [0.25, 0.3) is 0 Å². The first-order valence-corrected chi connectivity index (χ1v) is 5.61. The second-order valence-electron chi connectivity index (χ2n) is 4.23. The largest absolute Gasteiger partial charge is 3.00 e. The summed E-state index contributed by atoms with van der Waals surface area (Å²) in [5, 5.41) is 0. The molecule has 0 unspecified atom stereocenters. The van der Waals surface area contributed by atoms with Crippen LogP contribution in [0.5, 0.6) is 0 Å². The summed E-state index contributed by atoms with van der Waals surface area (Å²) in [6.45, 7) is 8.17. The van der Waals surface area contributed by atoms with E-state index in [1.54, 1.807) is 12.4 Å². The summed E-state index contributed by atoms with van der Waals surface area (Å²) in [7, 11) is 0. The summed E-state index contributed by atoms with van der Waals surface area (Å²) in [5.41, 5.74) is 1.75. The van der Waals surface area contributed by atoms with Crippen molar-refractivity contribution >= 4 is 12.4 Å². The Labute approximate surface area is 150 Å². The third-order valence-electron chi connectivity index (χ3n) is 1.80. The van der Waals surface area contributed by atoms with E-state index < -0.39 is 0 Å². The molecule has 0 N–H and O–H groups in total. The van der Waals surface area contributed by atoms with E-state index in [-0.39, 0.29) is 54.3 Å². The first kappa shape index (κ1) is 28.1. The van der Waals surface area contributed by atoms with Gasteiger partial charge in [0.15, 0.2) is 0 Å². The Hall–Kier alpha value is -0.121. The van der Waals surface area contributed by atoms with Crippen LogP contribution in [0.4, 0.5) is 0 Å². The van der Waals surface area contributed by atoms with E-state index in [2.05, 4.69) is 15.0 Å². The van der Waals surface area contributed by atoms with Crippen molar-refractivity contribution in [2.24, 2.45) is 9.98 Å². The molecule has 1 heterocycles. The summed E-state index contributed by atoms with van der Waals surface area (Å²) in [5.74, 6) is 0. The number of nitrogens with zero attached hydrogens (tertiary/aromatic N) is 3. The monoisotopic (exact) mass is 378 g/mol. The van der Waals surface area contributed by atoms with Crippen LogP contribution < -0.4 is 37.2 Å². The molecule has 0 aliphatic carbocycles. The van der Waals surface area contributed by atoms with Crippen molar-refractivity contribution in [1.82, 2.24) is 4.98 Å². The minimum atomic E-state index is 0. The molecule has 0 fully saturated rings. The van der Waals surface area contributed by atoms with Gasteiger partial charge in [-0.2, -0.15) is 0 Å². The maximum absolute atomic E-state index is 4.42. The van der Waals surface area contributed by atoms with Crippen molar-refractivity contribution < 1.29 is 54.3 Å². The van der Waals surface area contributed by atoms with E-state index in [0.29, 0.717) is 12.1 Å². The van der Waals surface area contributed by atoms with Crippen LogP contribution >= 0.6 is 0 Å². The standard InChI is InChI=1S/C13H19N3.3ClH.Fe/c1-10(2)14-8-12-6-5-7-13(16-12)9-15-11(3)4;;;;/h5-11H,1-4H3;3*1H;/q;;;;+3/p-3. The second kappa shape index (κ2) is 15.3. The van der Waals surface area contributed by atoms with Crippen molar-refractivity contribution in [3.05, 3.63) is 29.6 Å². The van der Waals surface area contributed by atoms with Gasteiger partial charge in [0.05, 0.1) is 11.4 Å². The fourth-order valence-corrected chi connectivity index (χ4v) is 1.06. The molecule has 0 atom stereocenters. The van der Waals surface area contributed by atoms with Crippen LogP contribution in [-0.4, -0.2) is 29.5 Å². The molecule has 7 heteroatoms. The molecule has 1 aromatic heterocycles. The fraction of sp³-hybridized carbons (Fsp3) is 0.462. The van der Waals surface area contributed by atoms with Gasteiger partial charge in [-0.1, -0.05) is 6.07 Å². The van der Waals surface area contributed by atoms with E-state index in [0.717, 1.165) is 11.4 Å². The second-order valence-corrected chi connectivity index (χ2v) is 4.23. The zero-order chi connectivity index (χ0) is 12.0. The molecule has 0 aliphatic rings. The van der Waals surface area contributed by atoms with Crippen LogP contribution in [0.3, 0.4) is 0 Å². The van der Waals surface area contributed by atoms with Crippen LogP contribution in [0, 0.1) is 0 Å². The Morgan fingerprint density at radius 2 is 1.20 bits per heavy atom. The smallest absolute Gasteiger partial charge is 1.00 e. The summed E-state index contributed by atoms with van der Waals surface area (Å²) < 4.78 is 0. The van der Waals surface area contributed by atoms with Crippen molar-refractivity contribution in [2.45, 2.75) is 39.8 Å². The van der Waals surface area contributed by atoms with Gasteiger partial charge in [-0.15, -0.1) is 0 Å². The van der Waals surface area contributed by atoms with Crippen LogP contribution in [0.15, 0.2) is 28.2 Å². The third-order valence-corrected chi connectivity index (χ3v) is 1.80. The molecule has 0 spiro atoms. The molecule has 0 saturated carbocycles. The number of aliphatic imine (C=N–C) groups is 2. The Bertz CT molecular complexity index is 363. The van der Waals surface area contributed by atoms with E-state index in [9.17, 15) is 0 Å². The molecule has 1 radical (unpaired) electrons. The van der Waals surface area contributed by atoms with Crippen molar-refractivity contribution in [2.75, 3.05) is 0 Å². The van der Waals surface area contributed by atoms with Crippen LogP contribution in [0.2, 0.25) is 0 Å². The maximum Gasteiger partial charge on any atom is 3.00 e. The van der Waals surface area contributed by atoms with E-state index in [4.69, 9.17) is 0 Å². The normalized spacial score (nSPS) is 9.90. The first-order chi connectivity index (χ1) is 7.58. The van der Waals surface area contributed by atoms with Gasteiger partial charge in [0.2, 0.25) is 0 Å². The number of rotatable bonds is 4. The molecule has 0 amide bonds. The number of aromatic nitrogens is 1. The molecular weight excluding hydrogens is 360 g/mol. The summed E-state index contributed by atoms with van der Waals surface area (Å²) in [4.78, 5) is 13.0. The Morgan fingerprint density at radius 1 is 0.850 bits per heavy atom. The molecule has 0 aromatic carbocycles. The Balaban J connectivity index is -0.000000320. The van der Waals surface area contributed by atoms with Gasteiger partial charge in [-0.25, -0.2) is 4.98 Å². The minimum absolute atomic E-state index is 0. The molecule has 20 heavy (non-hydrogen) atoms. The van der Waals surface area contributed by atoms with Crippen molar-refractivity contribution in [3.8, 4) is 0 Å². The van der Waals surface area contributed by atoms with Crippen LogP contribution in [0.25, 0.3) is 0 Å². The van der Waals surface area contributed by atoms with Crippen LogP contribution in [0.1, 0.15) is 39.1 Å². The molecule has 0 aliphatic heterocycles. The number of halogens is 3. The summed E-state index contributed by atoms with van der Waals surface area (Å²) in [6, 6.07) is 6.46. The minimum Gasteiger partial charge on any atom is -1.00 e. The van der Waals surface area contributed by atoms with Gasteiger partial charge in [0, 0.05) is 24.5 Å². The van der Waals surface area contributed by atoms with Gasteiger partial charge in [-0.3, -0.25) is 9.98 Å². The molecule has 1 aromatic rings. The Morgan fingerprint density at radius 3 is 1.50 bits per heavy atom. The average molecular weight is 380 g/mol. The topological polar surface area (TPSA) is 37.6 Å². The van der Waals surface area contributed by atoms with Crippen molar-refractivity contribution in [3.63, 3.8) is 0 Å². The van der Waals surface area contributed by atoms with Crippen LogP contribution in [-0.2, 0) is 17.1 Å². The van der Waals surface area contributed by atoms with Gasteiger partial charge >= 0.3 is 17.1 Å². The zero-order valence-electron chi connectivity index (χ0n) is 11.9. The van der Waals surface area contributed by atoms with E-state index >= 15 is 0 Å². The molecule has 1 rings (SSSR count). The molecular formula is C13H19Cl3FeN3. The third kappa shape index (κ3) is 12.9. The van der Waals surface area contributed by atoms with E-state index in [1.165, 1.54) is 0 Å². The molecule has 0 saturated heterocycles. The van der Waals surface area contributed by atoms with Gasteiger partial charge < -0.3 is 37.2 Å². The SMILES string of the molecule is CC(C)N=Cc1cccc(C=NC(C)C)n1.[Cl-].[Cl-].[Cl-].[Fe+3].